The van der Waals surface area contributed by atoms with Crippen LogP contribution in [0.15, 0.2) is 42.5 Å². The minimum absolute atomic E-state index is 0.174. The SMILES string of the molecule is COC1CC(COCC2CCCCC2)N(Cc2ccc(C(=O)NC(CCSC)C(=O)O)c(-c3ccccc3C)c2)C1. The molecule has 4 rings (SSSR count). The lowest BCUT2D eigenvalue weighted by Crippen LogP contribution is -2.41. The first-order valence-electron chi connectivity index (χ1n) is 15.0. The van der Waals surface area contributed by atoms with Crippen molar-refractivity contribution in [1.82, 2.24) is 10.2 Å². The summed E-state index contributed by atoms with van der Waals surface area (Å²) in [7, 11) is 1.78. The van der Waals surface area contributed by atoms with E-state index in [-0.39, 0.29) is 18.1 Å². The minimum Gasteiger partial charge on any atom is -0.480 e. The molecule has 1 aliphatic heterocycles. The lowest BCUT2D eigenvalue weighted by molar-refractivity contribution is -0.139. The van der Waals surface area contributed by atoms with Crippen molar-refractivity contribution in [3.05, 3.63) is 59.2 Å². The largest absolute Gasteiger partial charge is 0.480 e. The number of aliphatic carboxylic acids is 1. The first-order valence-corrected chi connectivity index (χ1v) is 16.3. The highest BCUT2D eigenvalue weighted by Crippen LogP contribution is 2.31. The zero-order valence-electron chi connectivity index (χ0n) is 24.8. The molecule has 3 atom stereocenters. The molecule has 224 valence electrons. The molecule has 2 N–H and O–H groups in total. The Hall–Kier alpha value is -2.39. The summed E-state index contributed by atoms with van der Waals surface area (Å²) in [5.74, 6) is -0.0310. The molecule has 2 aliphatic rings. The van der Waals surface area contributed by atoms with Gasteiger partial charge in [0.2, 0.25) is 0 Å². The van der Waals surface area contributed by atoms with Crippen LogP contribution in [0.4, 0.5) is 0 Å². The molecule has 0 bridgehead atoms. The topological polar surface area (TPSA) is 88.1 Å². The molecule has 2 fully saturated rings. The van der Waals surface area contributed by atoms with Gasteiger partial charge in [0, 0.05) is 38.4 Å². The van der Waals surface area contributed by atoms with E-state index in [1.807, 2.05) is 49.6 Å². The predicted molar refractivity (Wildman–Crippen MR) is 166 cm³/mol. The Bertz CT molecular complexity index is 1150. The number of carboxylic acid groups (broad SMARTS) is 1. The Kier molecular flexibility index (Phi) is 12.1. The summed E-state index contributed by atoms with van der Waals surface area (Å²) in [6.07, 6.45) is 9.97. The number of thioether (sulfide) groups is 1. The predicted octanol–water partition coefficient (Wildman–Crippen LogP) is 5.78. The van der Waals surface area contributed by atoms with E-state index in [1.165, 1.54) is 32.1 Å². The Balaban J connectivity index is 1.53. The lowest BCUT2D eigenvalue weighted by Gasteiger charge is -2.26. The lowest BCUT2D eigenvalue weighted by atomic mass is 9.90. The highest BCUT2D eigenvalue weighted by atomic mass is 32.2. The Morgan fingerprint density at radius 3 is 2.59 bits per heavy atom. The molecule has 3 unspecified atom stereocenters. The van der Waals surface area contributed by atoms with Gasteiger partial charge in [-0.2, -0.15) is 11.8 Å². The van der Waals surface area contributed by atoms with E-state index >= 15 is 0 Å². The molecule has 2 aromatic rings. The van der Waals surface area contributed by atoms with Crippen molar-refractivity contribution in [2.24, 2.45) is 5.92 Å². The number of amides is 1. The van der Waals surface area contributed by atoms with Crippen molar-refractivity contribution in [2.45, 2.75) is 76.6 Å². The summed E-state index contributed by atoms with van der Waals surface area (Å²) >= 11 is 1.57. The number of likely N-dealkylation sites (tertiary alicyclic amines) is 1. The van der Waals surface area contributed by atoms with Gasteiger partial charge in [0.05, 0.1) is 12.7 Å². The van der Waals surface area contributed by atoms with E-state index in [0.29, 0.717) is 30.3 Å². The van der Waals surface area contributed by atoms with Gasteiger partial charge in [-0.3, -0.25) is 9.69 Å². The highest BCUT2D eigenvalue weighted by molar-refractivity contribution is 7.98. The second-order valence-electron chi connectivity index (χ2n) is 11.6. The van der Waals surface area contributed by atoms with Crippen LogP contribution < -0.4 is 5.32 Å². The van der Waals surface area contributed by atoms with Crippen LogP contribution in [0.3, 0.4) is 0 Å². The van der Waals surface area contributed by atoms with Gasteiger partial charge in [-0.25, -0.2) is 4.79 Å². The highest BCUT2D eigenvalue weighted by Gasteiger charge is 2.33. The molecule has 1 amide bonds. The molecule has 1 aliphatic carbocycles. The third kappa shape index (κ3) is 8.80. The van der Waals surface area contributed by atoms with Gasteiger partial charge in [0.25, 0.3) is 5.91 Å². The quantitative estimate of drug-likeness (QED) is 0.292. The number of carbonyl (C=O) groups excluding carboxylic acids is 1. The number of benzene rings is 2. The number of nitrogens with zero attached hydrogens (tertiary/aromatic N) is 1. The van der Waals surface area contributed by atoms with Crippen LogP contribution >= 0.6 is 11.8 Å². The van der Waals surface area contributed by atoms with Gasteiger partial charge in [0.15, 0.2) is 0 Å². The number of carboxylic acids is 1. The average Bonchev–Trinajstić information content (AvgIpc) is 3.37. The molecular weight excluding hydrogens is 536 g/mol. The Labute approximate surface area is 249 Å². The monoisotopic (exact) mass is 582 g/mol. The van der Waals surface area contributed by atoms with Crippen LogP contribution in [0, 0.1) is 12.8 Å². The molecule has 0 spiro atoms. The maximum atomic E-state index is 13.4. The summed E-state index contributed by atoms with van der Waals surface area (Å²) in [6.45, 7) is 5.15. The first-order chi connectivity index (χ1) is 19.9. The number of methoxy groups -OCH3 is 1. The molecule has 0 aromatic heterocycles. The third-order valence-corrected chi connectivity index (χ3v) is 9.22. The van der Waals surface area contributed by atoms with Gasteiger partial charge in [-0.15, -0.1) is 0 Å². The molecule has 7 nitrogen and oxygen atoms in total. The van der Waals surface area contributed by atoms with Crippen molar-refractivity contribution >= 4 is 23.6 Å². The summed E-state index contributed by atoms with van der Waals surface area (Å²) in [6, 6.07) is 13.3. The molecule has 0 radical (unpaired) electrons. The van der Waals surface area contributed by atoms with Crippen LogP contribution in [0.2, 0.25) is 0 Å². The van der Waals surface area contributed by atoms with Crippen LogP contribution in [-0.2, 0) is 20.8 Å². The van der Waals surface area contributed by atoms with Crippen LogP contribution in [0.25, 0.3) is 11.1 Å². The Morgan fingerprint density at radius 2 is 1.88 bits per heavy atom. The third-order valence-electron chi connectivity index (χ3n) is 8.57. The van der Waals surface area contributed by atoms with Gasteiger partial charge < -0.3 is 19.9 Å². The van der Waals surface area contributed by atoms with Crippen molar-refractivity contribution in [3.63, 3.8) is 0 Å². The fourth-order valence-electron chi connectivity index (χ4n) is 6.15. The summed E-state index contributed by atoms with van der Waals surface area (Å²) in [5.41, 5.74) is 4.44. The van der Waals surface area contributed by atoms with E-state index in [1.54, 1.807) is 18.9 Å². The second-order valence-corrected chi connectivity index (χ2v) is 12.5. The van der Waals surface area contributed by atoms with Gasteiger partial charge in [0.1, 0.15) is 6.04 Å². The van der Waals surface area contributed by atoms with Crippen molar-refractivity contribution in [1.29, 1.82) is 0 Å². The zero-order valence-corrected chi connectivity index (χ0v) is 25.6. The Morgan fingerprint density at radius 1 is 1.10 bits per heavy atom. The molecule has 1 heterocycles. The van der Waals surface area contributed by atoms with Crippen LogP contribution in [-0.4, -0.2) is 78.9 Å². The minimum atomic E-state index is -1.01. The fraction of sp³-hybridized carbons (Fsp3) is 0.576. The van der Waals surface area contributed by atoms with E-state index in [0.717, 1.165) is 48.4 Å². The average molecular weight is 583 g/mol. The zero-order chi connectivity index (χ0) is 29.2. The number of rotatable bonds is 14. The van der Waals surface area contributed by atoms with Gasteiger partial charge in [-0.1, -0.05) is 49.6 Å². The van der Waals surface area contributed by atoms with Crippen molar-refractivity contribution in [3.8, 4) is 11.1 Å². The molecule has 41 heavy (non-hydrogen) atoms. The van der Waals surface area contributed by atoms with E-state index in [9.17, 15) is 14.7 Å². The number of hydrogen-bond donors (Lipinski definition) is 2. The molecule has 1 saturated carbocycles. The summed E-state index contributed by atoms with van der Waals surface area (Å²) in [5, 5.41) is 12.4. The van der Waals surface area contributed by atoms with E-state index in [2.05, 4.69) is 16.3 Å². The number of hydrogen-bond acceptors (Lipinski definition) is 6. The van der Waals surface area contributed by atoms with E-state index < -0.39 is 12.0 Å². The number of carbonyl (C=O) groups is 2. The van der Waals surface area contributed by atoms with Gasteiger partial charge >= 0.3 is 5.97 Å². The summed E-state index contributed by atoms with van der Waals surface area (Å²) in [4.78, 5) is 27.7. The normalized spacial score (nSPS) is 20.7. The van der Waals surface area contributed by atoms with Crippen molar-refractivity contribution in [2.75, 3.05) is 38.9 Å². The summed E-state index contributed by atoms with van der Waals surface area (Å²) < 4.78 is 12.0. The van der Waals surface area contributed by atoms with Crippen molar-refractivity contribution < 1.29 is 24.2 Å². The number of nitrogens with one attached hydrogen (secondary N) is 1. The maximum absolute atomic E-state index is 13.4. The smallest absolute Gasteiger partial charge is 0.326 e. The molecule has 1 saturated heterocycles. The van der Waals surface area contributed by atoms with E-state index in [4.69, 9.17) is 9.47 Å². The molecule has 8 heteroatoms. The number of aryl methyl sites for hydroxylation is 1. The second kappa shape index (κ2) is 15.7. The number of ether oxygens (including phenoxy) is 2. The standard InChI is InChI=1S/C33H46N2O5S/c1-23-9-7-8-12-28(23)30-17-25(13-14-29(30)32(36)34-31(33(37)38)15-16-41-3)19-35-20-27(39-2)18-26(35)22-40-21-24-10-5-4-6-11-24/h7-9,12-14,17,24,26-27,31H,4-6,10-11,15-16,18-22H2,1-3H3,(H,34,36)(H,37,38). The first kappa shape index (κ1) is 31.5. The fourth-order valence-corrected chi connectivity index (χ4v) is 6.62. The van der Waals surface area contributed by atoms with Crippen LogP contribution in [0.5, 0.6) is 0 Å². The van der Waals surface area contributed by atoms with Gasteiger partial charge in [-0.05, 0) is 84.9 Å². The van der Waals surface area contributed by atoms with Crippen LogP contribution in [0.1, 0.15) is 66.4 Å². The molecule has 2 aromatic carbocycles. The maximum Gasteiger partial charge on any atom is 0.326 e. The molecular formula is C33H46N2O5S.